The van der Waals surface area contributed by atoms with Crippen LogP contribution in [-0.4, -0.2) is 11.7 Å². The molecule has 0 bridgehead atoms. The summed E-state index contributed by atoms with van der Waals surface area (Å²) in [7, 11) is 0. The number of hydrogen-bond donors (Lipinski definition) is 1. The summed E-state index contributed by atoms with van der Waals surface area (Å²) in [5, 5.41) is 21.2. The van der Waals surface area contributed by atoms with Crippen LogP contribution in [0.15, 0.2) is 12.1 Å². The summed E-state index contributed by atoms with van der Waals surface area (Å²) in [6.07, 6.45) is 2.55. The first-order valence-electron chi connectivity index (χ1n) is 7.52. The van der Waals surface area contributed by atoms with E-state index in [1.54, 1.807) is 0 Å². The zero-order valence-electron chi connectivity index (χ0n) is 13.8. The molecule has 0 spiro atoms. The van der Waals surface area contributed by atoms with Crippen molar-refractivity contribution >= 4 is 0 Å². The van der Waals surface area contributed by atoms with Crippen molar-refractivity contribution in [3.8, 4) is 5.75 Å². The van der Waals surface area contributed by atoms with E-state index in [0.29, 0.717) is 5.75 Å². The van der Waals surface area contributed by atoms with Crippen LogP contribution in [0.25, 0.3) is 0 Å². The van der Waals surface area contributed by atoms with Crippen LogP contribution < -0.4 is 0 Å². The van der Waals surface area contributed by atoms with Gasteiger partial charge in [0.25, 0.3) is 0 Å². The molecule has 0 amide bonds. The topological polar surface area (TPSA) is 40.1 Å². The van der Waals surface area contributed by atoms with Crippen molar-refractivity contribution in [3.63, 3.8) is 0 Å². The summed E-state index contributed by atoms with van der Waals surface area (Å²) in [5.74, 6) is 0.428. The Morgan fingerprint density at radius 2 is 1.35 bits per heavy atom. The summed E-state index contributed by atoms with van der Waals surface area (Å²) in [6.45, 7) is 12.7. The van der Waals surface area contributed by atoms with Crippen molar-refractivity contribution in [2.24, 2.45) is 0 Å². The molecule has 0 unspecified atom stereocenters. The summed E-state index contributed by atoms with van der Waals surface area (Å²) < 4.78 is 0. The molecule has 1 aromatic carbocycles. The summed E-state index contributed by atoms with van der Waals surface area (Å²) >= 11 is 0. The van der Waals surface area contributed by atoms with Crippen LogP contribution in [0, 0.1) is 0 Å². The molecular formula is C18H29O2. The Morgan fingerprint density at radius 3 is 1.70 bits per heavy atom. The predicted octanol–water partition coefficient (Wildman–Crippen LogP) is 4.74. The van der Waals surface area contributed by atoms with Crippen LogP contribution in [0.1, 0.15) is 71.1 Å². The molecular weight excluding hydrogens is 248 g/mol. The van der Waals surface area contributed by atoms with E-state index in [-0.39, 0.29) is 17.4 Å². The van der Waals surface area contributed by atoms with Gasteiger partial charge in [-0.25, -0.2) is 5.11 Å². The summed E-state index contributed by atoms with van der Waals surface area (Å²) in [5.41, 5.74) is 3.06. The van der Waals surface area contributed by atoms with Gasteiger partial charge in [0.2, 0.25) is 0 Å². The monoisotopic (exact) mass is 277 g/mol. The first-order chi connectivity index (χ1) is 9.07. The Morgan fingerprint density at radius 1 is 0.900 bits per heavy atom. The third kappa shape index (κ3) is 4.24. The maximum Gasteiger partial charge on any atom is 0.123 e. The predicted molar refractivity (Wildman–Crippen MR) is 84.0 cm³/mol. The van der Waals surface area contributed by atoms with Crippen molar-refractivity contribution in [1.82, 2.24) is 0 Å². The minimum Gasteiger partial charge on any atom is -0.507 e. The van der Waals surface area contributed by atoms with Gasteiger partial charge < -0.3 is 5.11 Å². The van der Waals surface area contributed by atoms with Gasteiger partial charge in [0.1, 0.15) is 5.75 Å². The highest BCUT2D eigenvalue weighted by Gasteiger charge is 2.26. The number of aryl methyl sites for hydroxylation is 1. The standard InChI is InChI=1S/C18H29O2/c1-17(2,3)14-11-13(9-7-8-10-19)12-15(16(14)20)18(4,5)6/h11-12,20H,7-10H2,1-6H3. The lowest BCUT2D eigenvalue weighted by Crippen LogP contribution is -2.18. The molecule has 1 aromatic rings. The van der Waals surface area contributed by atoms with Crippen molar-refractivity contribution in [1.29, 1.82) is 0 Å². The largest absolute Gasteiger partial charge is 0.507 e. The molecule has 2 nitrogen and oxygen atoms in total. The molecule has 0 aromatic heterocycles. The van der Waals surface area contributed by atoms with Crippen molar-refractivity contribution in [2.45, 2.75) is 71.6 Å². The van der Waals surface area contributed by atoms with Crippen LogP contribution in [0.4, 0.5) is 0 Å². The number of phenols is 1. The maximum absolute atomic E-state index is 10.6. The second kappa shape index (κ2) is 6.17. The number of benzene rings is 1. The van der Waals surface area contributed by atoms with E-state index in [4.69, 9.17) is 0 Å². The Labute approximate surface area is 123 Å². The van der Waals surface area contributed by atoms with E-state index in [2.05, 4.69) is 53.7 Å². The molecule has 1 radical (unpaired) electrons. The molecule has 0 aliphatic heterocycles. The van der Waals surface area contributed by atoms with Gasteiger partial charge >= 0.3 is 0 Å². The smallest absolute Gasteiger partial charge is 0.123 e. The number of aromatic hydroxyl groups is 1. The molecule has 2 heteroatoms. The van der Waals surface area contributed by atoms with Gasteiger partial charge in [0, 0.05) is 0 Å². The number of phenolic OH excluding ortho intramolecular Hbond substituents is 1. The highest BCUT2D eigenvalue weighted by Crippen LogP contribution is 2.39. The van der Waals surface area contributed by atoms with Gasteiger partial charge in [-0.15, -0.1) is 0 Å². The third-order valence-corrected chi connectivity index (χ3v) is 3.65. The lowest BCUT2D eigenvalue weighted by Gasteiger charge is -2.28. The second-order valence-electron chi connectivity index (χ2n) is 7.70. The molecule has 0 atom stereocenters. The first-order valence-corrected chi connectivity index (χ1v) is 7.52. The average Bonchev–Trinajstić information content (AvgIpc) is 2.28. The zero-order valence-corrected chi connectivity index (χ0v) is 13.8. The van der Waals surface area contributed by atoms with E-state index >= 15 is 0 Å². The van der Waals surface area contributed by atoms with Crippen LogP contribution >= 0.6 is 0 Å². The Kier molecular flexibility index (Phi) is 5.26. The highest BCUT2D eigenvalue weighted by molar-refractivity contribution is 5.49. The molecule has 0 fully saturated rings. The normalized spacial score (nSPS) is 12.8. The van der Waals surface area contributed by atoms with Crippen LogP contribution in [0.5, 0.6) is 5.75 Å². The van der Waals surface area contributed by atoms with E-state index in [0.717, 1.165) is 30.4 Å². The van der Waals surface area contributed by atoms with Gasteiger partial charge in [-0.05, 0) is 46.8 Å². The number of hydrogen-bond acceptors (Lipinski definition) is 1. The molecule has 0 aliphatic rings. The van der Waals surface area contributed by atoms with Gasteiger partial charge in [-0.1, -0.05) is 53.7 Å². The first kappa shape index (κ1) is 17.0. The van der Waals surface area contributed by atoms with Crippen molar-refractivity contribution in [2.75, 3.05) is 6.61 Å². The second-order valence-corrected chi connectivity index (χ2v) is 7.70. The third-order valence-electron chi connectivity index (χ3n) is 3.65. The van der Waals surface area contributed by atoms with Gasteiger partial charge in [0.05, 0.1) is 6.61 Å². The fraction of sp³-hybridized carbons (Fsp3) is 0.667. The number of unbranched alkanes of at least 4 members (excludes halogenated alkanes) is 1. The quantitative estimate of drug-likeness (QED) is 0.793. The summed E-state index contributed by atoms with van der Waals surface area (Å²) in [6, 6.07) is 4.21. The maximum atomic E-state index is 10.6. The van der Waals surface area contributed by atoms with E-state index < -0.39 is 0 Å². The van der Waals surface area contributed by atoms with Gasteiger partial charge in [0.15, 0.2) is 0 Å². The lowest BCUT2D eigenvalue weighted by atomic mass is 9.78. The Balaban J connectivity index is 3.28. The molecule has 0 heterocycles. The SMILES string of the molecule is CC(C)(C)c1cc(CCCC[O])cc(C(C)(C)C)c1O. The molecule has 0 saturated heterocycles. The minimum atomic E-state index is -0.0847. The lowest BCUT2D eigenvalue weighted by molar-refractivity contribution is 0.187. The molecule has 0 aliphatic carbocycles. The fourth-order valence-electron chi connectivity index (χ4n) is 2.41. The Hall–Kier alpha value is -1.02. The van der Waals surface area contributed by atoms with E-state index in [1.165, 1.54) is 5.56 Å². The van der Waals surface area contributed by atoms with Gasteiger partial charge in [-0.2, -0.15) is 0 Å². The molecule has 0 saturated carbocycles. The number of rotatable bonds is 4. The minimum absolute atomic E-state index is 0.00363. The molecule has 20 heavy (non-hydrogen) atoms. The average molecular weight is 277 g/mol. The molecule has 1 N–H and O–H groups in total. The van der Waals surface area contributed by atoms with Gasteiger partial charge in [-0.3, -0.25) is 0 Å². The fourth-order valence-corrected chi connectivity index (χ4v) is 2.41. The van der Waals surface area contributed by atoms with Crippen LogP contribution in [0.3, 0.4) is 0 Å². The Bertz CT molecular complexity index is 412. The zero-order chi connectivity index (χ0) is 15.6. The van der Waals surface area contributed by atoms with E-state index in [9.17, 15) is 10.2 Å². The molecule has 1 rings (SSSR count). The van der Waals surface area contributed by atoms with Crippen molar-refractivity contribution < 1.29 is 10.2 Å². The van der Waals surface area contributed by atoms with Crippen molar-refractivity contribution in [3.05, 3.63) is 28.8 Å². The van der Waals surface area contributed by atoms with Crippen LogP contribution in [0.2, 0.25) is 0 Å². The van der Waals surface area contributed by atoms with Crippen LogP contribution in [-0.2, 0) is 22.4 Å². The van der Waals surface area contributed by atoms with E-state index in [1.807, 2.05) is 0 Å². The summed E-state index contributed by atoms with van der Waals surface area (Å²) in [4.78, 5) is 0. The molecule has 113 valence electrons. The highest BCUT2D eigenvalue weighted by atomic mass is 16.3.